The summed E-state index contributed by atoms with van der Waals surface area (Å²) >= 11 is 5.12. The van der Waals surface area contributed by atoms with Crippen molar-refractivity contribution in [2.45, 2.75) is 51.0 Å². The number of nitrogens with one attached hydrogen (secondary N) is 2. The molecule has 2 saturated carbocycles. The Labute approximate surface area is 126 Å². The predicted molar refractivity (Wildman–Crippen MR) is 84.8 cm³/mol. The number of hydrazone groups is 1. The third-order valence-electron chi connectivity index (χ3n) is 5.25. The van der Waals surface area contributed by atoms with Gasteiger partial charge in [-0.1, -0.05) is 19.3 Å². The van der Waals surface area contributed by atoms with Crippen LogP contribution in [-0.4, -0.2) is 30.6 Å². The Morgan fingerprint density at radius 1 is 1.25 bits per heavy atom. The standard InChI is InChI=1S/C15H25N3OS/c1-16-15(20)18-17-12-8-9-19-13-7-6-10-4-2-3-5-11(10)14(12)13/h10-11,13-14H,2-9H2,1H3,(H2,16,18,20)/b17-12+. The van der Waals surface area contributed by atoms with Gasteiger partial charge < -0.3 is 10.1 Å². The number of fused-ring (bicyclic) bond motifs is 3. The lowest BCUT2D eigenvalue weighted by atomic mass is 9.62. The van der Waals surface area contributed by atoms with E-state index in [-0.39, 0.29) is 0 Å². The van der Waals surface area contributed by atoms with E-state index in [0.717, 1.165) is 24.9 Å². The van der Waals surface area contributed by atoms with Crippen LogP contribution in [0.15, 0.2) is 5.10 Å². The first kappa shape index (κ1) is 14.3. The van der Waals surface area contributed by atoms with Crippen LogP contribution in [0.5, 0.6) is 0 Å². The van der Waals surface area contributed by atoms with Crippen LogP contribution in [-0.2, 0) is 4.74 Å². The van der Waals surface area contributed by atoms with Gasteiger partial charge in [0.15, 0.2) is 5.11 Å². The smallest absolute Gasteiger partial charge is 0.186 e. The summed E-state index contributed by atoms with van der Waals surface area (Å²) in [6.07, 6.45) is 9.45. The van der Waals surface area contributed by atoms with Crippen LogP contribution >= 0.6 is 12.2 Å². The highest BCUT2D eigenvalue weighted by Gasteiger charge is 2.44. The monoisotopic (exact) mass is 295 g/mol. The zero-order valence-corrected chi connectivity index (χ0v) is 13.0. The molecule has 2 aliphatic carbocycles. The van der Waals surface area contributed by atoms with Crippen LogP contribution in [0.3, 0.4) is 0 Å². The van der Waals surface area contributed by atoms with E-state index < -0.39 is 0 Å². The molecule has 0 amide bonds. The van der Waals surface area contributed by atoms with E-state index in [1.807, 2.05) is 7.05 Å². The molecule has 0 bridgehead atoms. The Kier molecular flexibility index (Phi) is 4.56. The molecule has 0 aromatic heterocycles. The van der Waals surface area contributed by atoms with Gasteiger partial charge in [0.1, 0.15) is 0 Å². The van der Waals surface area contributed by atoms with E-state index in [1.54, 1.807) is 0 Å². The molecule has 4 nitrogen and oxygen atoms in total. The summed E-state index contributed by atoms with van der Waals surface area (Å²) in [5, 5.41) is 8.12. The van der Waals surface area contributed by atoms with E-state index in [2.05, 4.69) is 15.8 Å². The first-order valence-electron chi connectivity index (χ1n) is 7.95. The predicted octanol–water partition coefficient (Wildman–Crippen LogP) is 2.44. The summed E-state index contributed by atoms with van der Waals surface area (Å²) in [5.74, 6) is 2.20. The largest absolute Gasteiger partial charge is 0.377 e. The molecule has 4 atom stereocenters. The summed E-state index contributed by atoms with van der Waals surface area (Å²) < 4.78 is 6.04. The lowest BCUT2D eigenvalue weighted by Crippen LogP contribution is -2.49. The first-order valence-corrected chi connectivity index (χ1v) is 8.36. The number of rotatable bonds is 1. The van der Waals surface area contributed by atoms with Crippen molar-refractivity contribution in [1.82, 2.24) is 10.7 Å². The topological polar surface area (TPSA) is 45.7 Å². The van der Waals surface area contributed by atoms with Crippen molar-refractivity contribution in [2.24, 2.45) is 22.9 Å². The quantitative estimate of drug-likeness (QED) is 0.576. The highest BCUT2D eigenvalue weighted by atomic mass is 32.1. The number of hydrogen-bond acceptors (Lipinski definition) is 3. The molecule has 2 N–H and O–H groups in total. The van der Waals surface area contributed by atoms with Crippen molar-refractivity contribution in [1.29, 1.82) is 0 Å². The molecule has 1 saturated heterocycles. The molecule has 0 aromatic rings. The molecular formula is C15H25N3OS. The van der Waals surface area contributed by atoms with Crippen molar-refractivity contribution in [2.75, 3.05) is 13.7 Å². The molecule has 3 fully saturated rings. The Morgan fingerprint density at radius 2 is 2.10 bits per heavy atom. The lowest BCUT2D eigenvalue weighted by Gasteiger charge is -2.47. The molecule has 5 heteroatoms. The van der Waals surface area contributed by atoms with Crippen molar-refractivity contribution < 1.29 is 4.74 Å². The average molecular weight is 295 g/mol. The maximum Gasteiger partial charge on any atom is 0.186 e. The van der Waals surface area contributed by atoms with Crippen LogP contribution in [0, 0.1) is 17.8 Å². The van der Waals surface area contributed by atoms with E-state index >= 15 is 0 Å². The minimum Gasteiger partial charge on any atom is -0.377 e. The fourth-order valence-corrected chi connectivity index (χ4v) is 4.39. The summed E-state index contributed by atoms with van der Waals surface area (Å²) in [5.41, 5.74) is 4.27. The fraction of sp³-hybridized carbons (Fsp3) is 0.867. The molecule has 3 aliphatic rings. The van der Waals surface area contributed by atoms with Crippen molar-refractivity contribution in [3.8, 4) is 0 Å². The first-order chi connectivity index (χ1) is 9.79. The van der Waals surface area contributed by atoms with Gasteiger partial charge in [-0.15, -0.1) is 0 Å². The summed E-state index contributed by atoms with van der Waals surface area (Å²) in [6.45, 7) is 0.811. The summed E-state index contributed by atoms with van der Waals surface area (Å²) in [4.78, 5) is 0. The summed E-state index contributed by atoms with van der Waals surface area (Å²) in [7, 11) is 1.82. The Hall–Kier alpha value is -0.680. The van der Waals surface area contributed by atoms with Crippen LogP contribution in [0.25, 0.3) is 0 Å². The zero-order chi connectivity index (χ0) is 13.9. The Bertz CT molecular complexity index is 399. The van der Waals surface area contributed by atoms with E-state index in [0.29, 0.717) is 17.1 Å². The van der Waals surface area contributed by atoms with Gasteiger partial charge in [0, 0.05) is 25.1 Å². The highest BCUT2D eigenvalue weighted by Crippen LogP contribution is 2.46. The van der Waals surface area contributed by atoms with Gasteiger partial charge in [-0.05, 0) is 43.3 Å². The van der Waals surface area contributed by atoms with Crippen molar-refractivity contribution in [3.05, 3.63) is 0 Å². The normalized spacial score (nSPS) is 38.8. The maximum atomic E-state index is 6.04. The molecule has 112 valence electrons. The van der Waals surface area contributed by atoms with Crippen LogP contribution in [0.1, 0.15) is 44.9 Å². The van der Waals surface area contributed by atoms with Gasteiger partial charge in [-0.3, -0.25) is 5.43 Å². The molecule has 3 rings (SSSR count). The molecule has 1 heterocycles. The Balaban J connectivity index is 1.77. The number of hydrogen-bond donors (Lipinski definition) is 2. The Morgan fingerprint density at radius 3 is 2.95 bits per heavy atom. The van der Waals surface area contributed by atoms with Gasteiger partial charge in [-0.2, -0.15) is 5.10 Å². The second kappa shape index (κ2) is 6.39. The molecule has 0 spiro atoms. The molecule has 0 radical (unpaired) electrons. The third kappa shape index (κ3) is 2.84. The minimum atomic E-state index is 0.395. The number of nitrogens with zero attached hydrogens (tertiary/aromatic N) is 1. The van der Waals surface area contributed by atoms with Crippen LogP contribution in [0.4, 0.5) is 0 Å². The lowest BCUT2D eigenvalue weighted by molar-refractivity contribution is -0.0495. The molecule has 20 heavy (non-hydrogen) atoms. The van der Waals surface area contributed by atoms with E-state index in [4.69, 9.17) is 17.0 Å². The minimum absolute atomic E-state index is 0.395. The number of ether oxygens (including phenoxy) is 1. The zero-order valence-electron chi connectivity index (χ0n) is 12.2. The second-order valence-corrected chi connectivity index (χ2v) is 6.67. The highest BCUT2D eigenvalue weighted by molar-refractivity contribution is 7.80. The van der Waals surface area contributed by atoms with Gasteiger partial charge in [0.2, 0.25) is 0 Å². The maximum absolute atomic E-state index is 6.04. The van der Waals surface area contributed by atoms with E-state index in [9.17, 15) is 0 Å². The van der Waals surface area contributed by atoms with E-state index in [1.165, 1.54) is 44.2 Å². The number of thiocarbonyl (C=S) groups is 1. The van der Waals surface area contributed by atoms with Crippen molar-refractivity contribution in [3.63, 3.8) is 0 Å². The summed E-state index contributed by atoms with van der Waals surface area (Å²) in [6, 6.07) is 0. The average Bonchev–Trinajstić information content (AvgIpc) is 2.52. The third-order valence-corrected chi connectivity index (χ3v) is 5.55. The SMILES string of the molecule is CNC(=S)N/N=C1\CCOC2CCC3CCCCC3C12. The fourth-order valence-electron chi connectivity index (χ4n) is 4.34. The molecular weight excluding hydrogens is 270 g/mol. The van der Waals surface area contributed by atoms with Crippen LogP contribution < -0.4 is 10.7 Å². The van der Waals surface area contributed by atoms with Crippen LogP contribution in [0.2, 0.25) is 0 Å². The van der Waals surface area contributed by atoms with Gasteiger partial charge in [0.05, 0.1) is 12.7 Å². The molecule has 0 aromatic carbocycles. The molecule has 4 unspecified atom stereocenters. The van der Waals surface area contributed by atoms with Gasteiger partial charge in [-0.25, -0.2) is 0 Å². The van der Waals surface area contributed by atoms with Gasteiger partial charge >= 0.3 is 0 Å². The van der Waals surface area contributed by atoms with Gasteiger partial charge in [0.25, 0.3) is 0 Å². The molecule has 1 aliphatic heterocycles. The van der Waals surface area contributed by atoms with Crippen molar-refractivity contribution >= 4 is 23.0 Å². The second-order valence-electron chi connectivity index (χ2n) is 6.26.